The standard InChI is InChI=1S/C15H13NO3/c1-18-11-6-7-14-13(8-11)16-15(17)12-5-3-2-4-10(12)9-19-14/h2-8H,9H2,1H3,(H,16,17). The fourth-order valence-corrected chi connectivity index (χ4v) is 2.07. The van der Waals surface area contributed by atoms with Crippen molar-refractivity contribution in [2.24, 2.45) is 0 Å². The van der Waals surface area contributed by atoms with Crippen molar-refractivity contribution >= 4 is 11.6 Å². The molecule has 0 spiro atoms. The van der Waals surface area contributed by atoms with Gasteiger partial charge in [0.15, 0.2) is 0 Å². The van der Waals surface area contributed by atoms with Crippen LogP contribution >= 0.6 is 0 Å². The van der Waals surface area contributed by atoms with Gasteiger partial charge in [-0.15, -0.1) is 0 Å². The second kappa shape index (κ2) is 4.65. The Morgan fingerprint density at radius 3 is 2.89 bits per heavy atom. The van der Waals surface area contributed by atoms with Crippen molar-refractivity contribution in [3.8, 4) is 11.5 Å². The second-order valence-electron chi connectivity index (χ2n) is 4.26. The number of rotatable bonds is 1. The third kappa shape index (κ3) is 2.12. The van der Waals surface area contributed by atoms with E-state index >= 15 is 0 Å². The molecule has 1 heterocycles. The first kappa shape index (κ1) is 11.6. The van der Waals surface area contributed by atoms with Crippen LogP contribution in [0.3, 0.4) is 0 Å². The fraction of sp³-hybridized carbons (Fsp3) is 0.133. The van der Waals surface area contributed by atoms with Gasteiger partial charge in [0.05, 0.1) is 12.8 Å². The third-order valence-electron chi connectivity index (χ3n) is 3.08. The molecule has 1 aliphatic heterocycles. The van der Waals surface area contributed by atoms with Crippen LogP contribution in [0.1, 0.15) is 15.9 Å². The Labute approximate surface area is 111 Å². The molecule has 0 aliphatic carbocycles. The monoisotopic (exact) mass is 255 g/mol. The first-order valence-electron chi connectivity index (χ1n) is 5.98. The number of benzene rings is 2. The van der Waals surface area contributed by atoms with Gasteiger partial charge >= 0.3 is 0 Å². The fourth-order valence-electron chi connectivity index (χ4n) is 2.07. The first-order valence-corrected chi connectivity index (χ1v) is 5.98. The summed E-state index contributed by atoms with van der Waals surface area (Å²) in [7, 11) is 1.59. The number of carbonyl (C=O) groups is 1. The number of methoxy groups -OCH3 is 1. The number of ether oxygens (including phenoxy) is 2. The van der Waals surface area contributed by atoms with Gasteiger partial charge in [-0.3, -0.25) is 4.79 Å². The summed E-state index contributed by atoms with van der Waals surface area (Å²) in [5.41, 5.74) is 2.14. The molecule has 1 aliphatic rings. The number of fused-ring (bicyclic) bond motifs is 2. The van der Waals surface area contributed by atoms with Crippen molar-refractivity contribution in [2.75, 3.05) is 12.4 Å². The predicted molar refractivity (Wildman–Crippen MR) is 71.7 cm³/mol. The lowest BCUT2D eigenvalue weighted by Crippen LogP contribution is -2.18. The Hall–Kier alpha value is -2.49. The molecule has 4 nitrogen and oxygen atoms in total. The van der Waals surface area contributed by atoms with Crippen LogP contribution in [-0.4, -0.2) is 13.0 Å². The number of nitrogens with one attached hydrogen (secondary N) is 1. The highest BCUT2D eigenvalue weighted by Gasteiger charge is 2.18. The van der Waals surface area contributed by atoms with Gasteiger partial charge in [-0.2, -0.15) is 0 Å². The maximum atomic E-state index is 12.2. The SMILES string of the molecule is COc1ccc2c(c1)NC(=O)c1ccccc1CO2. The van der Waals surface area contributed by atoms with Crippen molar-refractivity contribution in [1.82, 2.24) is 0 Å². The molecule has 0 fully saturated rings. The number of hydrogen-bond donors (Lipinski definition) is 1. The molecule has 0 bridgehead atoms. The molecular weight excluding hydrogens is 242 g/mol. The molecule has 3 rings (SSSR count). The number of amides is 1. The summed E-state index contributed by atoms with van der Waals surface area (Å²) in [5, 5.41) is 2.85. The van der Waals surface area contributed by atoms with Crippen molar-refractivity contribution < 1.29 is 14.3 Å². The van der Waals surface area contributed by atoms with Crippen LogP contribution in [0.4, 0.5) is 5.69 Å². The number of anilines is 1. The molecule has 96 valence electrons. The maximum Gasteiger partial charge on any atom is 0.256 e. The molecule has 2 aromatic carbocycles. The summed E-state index contributed by atoms with van der Waals surface area (Å²) >= 11 is 0. The number of hydrogen-bond acceptors (Lipinski definition) is 3. The molecule has 2 aromatic rings. The molecule has 0 unspecified atom stereocenters. The third-order valence-corrected chi connectivity index (χ3v) is 3.08. The topological polar surface area (TPSA) is 47.6 Å². The summed E-state index contributed by atoms with van der Waals surface area (Å²) in [4.78, 5) is 12.2. The van der Waals surface area contributed by atoms with Crippen LogP contribution in [-0.2, 0) is 6.61 Å². The van der Waals surface area contributed by atoms with E-state index in [-0.39, 0.29) is 5.91 Å². The second-order valence-corrected chi connectivity index (χ2v) is 4.26. The summed E-state index contributed by atoms with van der Waals surface area (Å²) in [5.74, 6) is 1.19. The molecular formula is C15H13NO3. The van der Waals surface area contributed by atoms with Gasteiger partial charge < -0.3 is 14.8 Å². The Bertz CT molecular complexity index is 637. The number of carbonyl (C=O) groups excluding carboxylic acids is 1. The summed E-state index contributed by atoms with van der Waals surface area (Å²) in [6, 6.07) is 12.8. The van der Waals surface area contributed by atoms with Gasteiger partial charge in [0.2, 0.25) is 0 Å². The van der Waals surface area contributed by atoms with Gasteiger partial charge in [0.25, 0.3) is 5.91 Å². The molecule has 0 saturated carbocycles. The van der Waals surface area contributed by atoms with Gasteiger partial charge in [0, 0.05) is 17.2 Å². The summed E-state index contributed by atoms with van der Waals surface area (Å²) < 4.78 is 10.9. The Morgan fingerprint density at radius 2 is 2.05 bits per heavy atom. The predicted octanol–water partition coefficient (Wildman–Crippen LogP) is 2.84. The van der Waals surface area contributed by atoms with Gasteiger partial charge in [0.1, 0.15) is 18.1 Å². The maximum absolute atomic E-state index is 12.2. The van der Waals surface area contributed by atoms with Gasteiger partial charge in [-0.05, 0) is 18.2 Å². The lowest BCUT2D eigenvalue weighted by atomic mass is 10.1. The summed E-state index contributed by atoms with van der Waals surface area (Å²) in [6.07, 6.45) is 0. The molecule has 0 saturated heterocycles. The average Bonchev–Trinajstić information content (AvgIpc) is 2.44. The van der Waals surface area contributed by atoms with Crippen LogP contribution in [0.25, 0.3) is 0 Å². The quantitative estimate of drug-likeness (QED) is 0.852. The zero-order valence-corrected chi connectivity index (χ0v) is 10.5. The van der Waals surface area contributed by atoms with Crippen molar-refractivity contribution in [2.45, 2.75) is 6.61 Å². The van der Waals surface area contributed by atoms with E-state index in [4.69, 9.17) is 9.47 Å². The molecule has 1 amide bonds. The van der Waals surface area contributed by atoms with Gasteiger partial charge in [-0.1, -0.05) is 18.2 Å². The van der Waals surface area contributed by atoms with Crippen LogP contribution in [0.2, 0.25) is 0 Å². The highest BCUT2D eigenvalue weighted by atomic mass is 16.5. The van der Waals surface area contributed by atoms with E-state index in [1.54, 1.807) is 31.4 Å². The Morgan fingerprint density at radius 1 is 1.21 bits per heavy atom. The smallest absolute Gasteiger partial charge is 0.256 e. The van der Waals surface area contributed by atoms with E-state index in [1.165, 1.54) is 0 Å². The molecule has 4 heteroatoms. The van der Waals surface area contributed by atoms with Crippen LogP contribution < -0.4 is 14.8 Å². The van der Waals surface area contributed by atoms with E-state index in [9.17, 15) is 4.79 Å². The van der Waals surface area contributed by atoms with Gasteiger partial charge in [-0.25, -0.2) is 0 Å². The minimum atomic E-state index is -0.131. The molecule has 0 aromatic heterocycles. The lowest BCUT2D eigenvalue weighted by molar-refractivity contribution is 0.102. The van der Waals surface area contributed by atoms with Crippen LogP contribution in [0, 0.1) is 0 Å². The minimum Gasteiger partial charge on any atom is -0.497 e. The lowest BCUT2D eigenvalue weighted by Gasteiger charge is -2.18. The summed E-state index contributed by atoms with van der Waals surface area (Å²) in [6.45, 7) is 0.378. The average molecular weight is 255 g/mol. The van der Waals surface area contributed by atoms with E-state index in [0.29, 0.717) is 29.4 Å². The van der Waals surface area contributed by atoms with E-state index in [2.05, 4.69) is 5.32 Å². The Kier molecular flexibility index (Phi) is 2.83. The van der Waals surface area contributed by atoms with Crippen molar-refractivity contribution in [3.63, 3.8) is 0 Å². The zero-order valence-electron chi connectivity index (χ0n) is 10.5. The minimum absolute atomic E-state index is 0.131. The Balaban J connectivity index is 2.03. The van der Waals surface area contributed by atoms with E-state index in [0.717, 1.165) is 5.56 Å². The molecule has 0 radical (unpaired) electrons. The molecule has 0 atom stereocenters. The zero-order chi connectivity index (χ0) is 13.2. The van der Waals surface area contributed by atoms with E-state index in [1.807, 2.05) is 18.2 Å². The largest absolute Gasteiger partial charge is 0.497 e. The van der Waals surface area contributed by atoms with Crippen LogP contribution in [0.5, 0.6) is 11.5 Å². The molecule has 1 N–H and O–H groups in total. The van der Waals surface area contributed by atoms with E-state index < -0.39 is 0 Å². The highest BCUT2D eigenvalue weighted by molar-refractivity contribution is 6.06. The molecule has 19 heavy (non-hydrogen) atoms. The van der Waals surface area contributed by atoms with Crippen LogP contribution in [0.15, 0.2) is 42.5 Å². The van der Waals surface area contributed by atoms with Crippen molar-refractivity contribution in [1.29, 1.82) is 0 Å². The highest BCUT2D eigenvalue weighted by Crippen LogP contribution is 2.32. The van der Waals surface area contributed by atoms with Crippen molar-refractivity contribution in [3.05, 3.63) is 53.6 Å². The normalized spacial score (nSPS) is 13.2. The first-order chi connectivity index (χ1) is 9.28.